The first kappa shape index (κ1) is 16.7. The van der Waals surface area contributed by atoms with Crippen LogP contribution >= 0.6 is 0 Å². The SMILES string of the molecule is COC(=O)n1cnc(-c2cccc3c(OC)nccc23)c1C(F)(F)F. The van der Waals surface area contributed by atoms with Crippen molar-refractivity contribution in [2.75, 3.05) is 14.2 Å². The fourth-order valence-corrected chi connectivity index (χ4v) is 2.60. The Bertz CT molecular complexity index is 951. The van der Waals surface area contributed by atoms with Crippen LogP contribution in [0.2, 0.25) is 0 Å². The molecule has 25 heavy (non-hydrogen) atoms. The van der Waals surface area contributed by atoms with Crippen molar-refractivity contribution in [3.63, 3.8) is 0 Å². The highest BCUT2D eigenvalue weighted by Crippen LogP contribution is 2.39. The quantitative estimate of drug-likeness (QED) is 0.704. The highest BCUT2D eigenvalue weighted by Gasteiger charge is 2.40. The fraction of sp³-hybridized carbons (Fsp3) is 0.188. The zero-order valence-electron chi connectivity index (χ0n) is 13.2. The molecule has 3 aromatic rings. The van der Waals surface area contributed by atoms with Crippen LogP contribution in [0.1, 0.15) is 5.69 Å². The zero-order valence-corrected chi connectivity index (χ0v) is 13.2. The lowest BCUT2D eigenvalue weighted by Gasteiger charge is -2.13. The van der Waals surface area contributed by atoms with Gasteiger partial charge in [-0.15, -0.1) is 0 Å². The third-order valence-corrected chi connectivity index (χ3v) is 3.63. The molecule has 0 fully saturated rings. The summed E-state index contributed by atoms with van der Waals surface area (Å²) in [6.07, 6.45) is -3.76. The number of carbonyl (C=O) groups excluding carboxylic acids is 1. The van der Waals surface area contributed by atoms with E-state index in [9.17, 15) is 18.0 Å². The Morgan fingerprint density at radius 2 is 1.88 bits per heavy atom. The van der Waals surface area contributed by atoms with E-state index in [4.69, 9.17) is 4.74 Å². The first-order chi connectivity index (χ1) is 11.9. The van der Waals surface area contributed by atoms with Crippen LogP contribution in [0.5, 0.6) is 5.88 Å². The summed E-state index contributed by atoms with van der Waals surface area (Å²) in [5.74, 6) is 0.278. The first-order valence-electron chi connectivity index (χ1n) is 7.03. The van der Waals surface area contributed by atoms with Gasteiger partial charge >= 0.3 is 12.3 Å². The molecule has 0 unspecified atom stereocenters. The number of hydrogen-bond acceptors (Lipinski definition) is 5. The molecule has 0 aliphatic rings. The monoisotopic (exact) mass is 351 g/mol. The molecule has 130 valence electrons. The number of hydrogen-bond donors (Lipinski definition) is 0. The Morgan fingerprint density at radius 1 is 1.12 bits per heavy atom. The second kappa shape index (κ2) is 6.08. The van der Waals surface area contributed by atoms with E-state index in [0.29, 0.717) is 15.3 Å². The largest absolute Gasteiger partial charge is 0.481 e. The van der Waals surface area contributed by atoms with Gasteiger partial charge in [-0.05, 0) is 17.5 Å². The summed E-state index contributed by atoms with van der Waals surface area (Å²) >= 11 is 0. The predicted molar refractivity (Wildman–Crippen MR) is 82.3 cm³/mol. The van der Waals surface area contributed by atoms with E-state index >= 15 is 0 Å². The van der Waals surface area contributed by atoms with E-state index in [-0.39, 0.29) is 17.1 Å². The number of rotatable bonds is 2. The maximum atomic E-state index is 13.6. The molecule has 0 amide bonds. The van der Waals surface area contributed by atoms with Gasteiger partial charge < -0.3 is 9.47 Å². The molecule has 2 heterocycles. The van der Waals surface area contributed by atoms with Gasteiger partial charge in [0.15, 0.2) is 5.69 Å². The number of alkyl halides is 3. The summed E-state index contributed by atoms with van der Waals surface area (Å²) in [5, 5.41) is 0.998. The Morgan fingerprint density at radius 3 is 2.52 bits per heavy atom. The number of nitrogens with zero attached hydrogens (tertiary/aromatic N) is 3. The lowest BCUT2D eigenvalue weighted by Crippen LogP contribution is -2.20. The molecule has 0 aliphatic carbocycles. The Balaban J connectivity index is 2.33. The van der Waals surface area contributed by atoms with Crippen LogP contribution in [0.25, 0.3) is 22.0 Å². The summed E-state index contributed by atoms with van der Waals surface area (Å²) in [5.41, 5.74) is -1.38. The lowest BCUT2D eigenvalue weighted by atomic mass is 10.0. The number of methoxy groups -OCH3 is 2. The average molecular weight is 351 g/mol. The molecule has 0 saturated carbocycles. The van der Waals surface area contributed by atoms with E-state index in [1.165, 1.54) is 19.4 Å². The van der Waals surface area contributed by atoms with Crippen molar-refractivity contribution in [2.24, 2.45) is 0 Å². The van der Waals surface area contributed by atoms with Gasteiger partial charge in [0.05, 0.1) is 14.2 Å². The summed E-state index contributed by atoms with van der Waals surface area (Å²) in [6, 6.07) is 6.29. The van der Waals surface area contributed by atoms with Gasteiger partial charge in [0.1, 0.15) is 12.0 Å². The zero-order chi connectivity index (χ0) is 18.2. The Labute approximate surface area is 139 Å². The maximum absolute atomic E-state index is 13.6. The summed E-state index contributed by atoms with van der Waals surface area (Å²) in [6.45, 7) is 0. The van der Waals surface area contributed by atoms with E-state index in [1.54, 1.807) is 18.2 Å². The molecule has 9 heteroatoms. The molecule has 0 atom stereocenters. The highest BCUT2D eigenvalue weighted by molar-refractivity contribution is 5.99. The van der Waals surface area contributed by atoms with Crippen LogP contribution in [0.3, 0.4) is 0 Å². The van der Waals surface area contributed by atoms with Crippen LogP contribution in [0, 0.1) is 0 Å². The second-order valence-corrected chi connectivity index (χ2v) is 5.00. The summed E-state index contributed by atoms with van der Waals surface area (Å²) in [7, 11) is 2.41. The van der Waals surface area contributed by atoms with Gasteiger partial charge in [-0.25, -0.2) is 19.3 Å². The number of carbonyl (C=O) groups is 1. The first-order valence-corrected chi connectivity index (χ1v) is 7.03. The fourth-order valence-electron chi connectivity index (χ4n) is 2.60. The van der Waals surface area contributed by atoms with Gasteiger partial charge in [-0.3, -0.25) is 0 Å². The molecule has 0 spiro atoms. The topological polar surface area (TPSA) is 66.2 Å². The molecule has 0 aliphatic heterocycles. The minimum atomic E-state index is -4.81. The minimum absolute atomic E-state index is 0.202. The smallest absolute Gasteiger partial charge is 0.434 e. The van der Waals surface area contributed by atoms with Crippen molar-refractivity contribution in [2.45, 2.75) is 6.18 Å². The molecular formula is C16H12F3N3O3. The molecule has 0 N–H and O–H groups in total. The van der Waals surface area contributed by atoms with Gasteiger partial charge in [-0.1, -0.05) is 12.1 Å². The number of fused-ring (bicyclic) bond motifs is 1. The number of imidazole rings is 1. The van der Waals surface area contributed by atoms with Crippen LogP contribution in [-0.2, 0) is 10.9 Å². The van der Waals surface area contributed by atoms with Crippen molar-refractivity contribution in [1.29, 1.82) is 0 Å². The number of aromatic nitrogens is 3. The summed E-state index contributed by atoms with van der Waals surface area (Å²) < 4.78 is 50.6. The van der Waals surface area contributed by atoms with E-state index in [0.717, 1.165) is 13.4 Å². The Kier molecular flexibility index (Phi) is 4.07. The van der Waals surface area contributed by atoms with Crippen molar-refractivity contribution in [1.82, 2.24) is 14.5 Å². The molecule has 0 saturated heterocycles. The number of pyridine rings is 1. The molecular weight excluding hydrogens is 339 g/mol. The lowest BCUT2D eigenvalue weighted by molar-refractivity contribution is -0.142. The average Bonchev–Trinajstić information content (AvgIpc) is 3.05. The second-order valence-electron chi connectivity index (χ2n) is 5.00. The van der Waals surface area contributed by atoms with E-state index in [1.807, 2.05) is 0 Å². The van der Waals surface area contributed by atoms with Gasteiger partial charge in [0.2, 0.25) is 5.88 Å². The maximum Gasteiger partial charge on any atom is 0.434 e. The van der Waals surface area contributed by atoms with Crippen molar-refractivity contribution in [3.05, 3.63) is 42.5 Å². The third kappa shape index (κ3) is 2.77. The van der Waals surface area contributed by atoms with Gasteiger partial charge in [-0.2, -0.15) is 13.2 Å². The molecule has 1 aromatic carbocycles. The minimum Gasteiger partial charge on any atom is -0.481 e. The number of ether oxygens (including phenoxy) is 2. The van der Waals surface area contributed by atoms with Gasteiger partial charge in [0.25, 0.3) is 0 Å². The predicted octanol–water partition coefficient (Wildman–Crippen LogP) is 3.74. The molecule has 0 bridgehead atoms. The van der Waals surface area contributed by atoms with Gasteiger partial charge in [0, 0.05) is 17.1 Å². The molecule has 2 aromatic heterocycles. The highest BCUT2D eigenvalue weighted by atomic mass is 19.4. The van der Waals surface area contributed by atoms with E-state index < -0.39 is 18.0 Å². The number of halogens is 3. The third-order valence-electron chi connectivity index (χ3n) is 3.63. The van der Waals surface area contributed by atoms with Crippen molar-refractivity contribution < 1.29 is 27.4 Å². The standard InChI is InChI=1S/C16H12F3N3O3/c1-24-14-11-5-3-4-10(9(11)6-7-20-14)12-13(16(17,18)19)22(8-21-12)15(23)25-2/h3-8H,1-2H3. The normalized spacial score (nSPS) is 11.6. The van der Waals surface area contributed by atoms with Crippen LogP contribution in [0.4, 0.5) is 18.0 Å². The van der Waals surface area contributed by atoms with E-state index in [2.05, 4.69) is 14.7 Å². The van der Waals surface area contributed by atoms with Crippen molar-refractivity contribution >= 4 is 16.9 Å². The number of benzene rings is 1. The van der Waals surface area contributed by atoms with Crippen molar-refractivity contribution in [3.8, 4) is 17.1 Å². The molecule has 0 radical (unpaired) electrons. The molecule has 6 nitrogen and oxygen atoms in total. The van der Waals surface area contributed by atoms with Crippen LogP contribution in [-0.4, -0.2) is 34.8 Å². The van der Waals surface area contributed by atoms with Crippen LogP contribution < -0.4 is 4.74 Å². The van der Waals surface area contributed by atoms with Crippen LogP contribution in [0.15, 0.2) is 36.8 Å². The molecule has 3 rings (SSSR count). The summed E-state index contributed by atoms with van der Waals surface area (Å²) in [4.78, 5) is 19.5. The Hall–Kier alpha value is -3.10.